The minimum Gasteiger partial charge on any atom is -0.384 e. The molecule has 0 radical (unpaired) electrons. The van der Waals surface area contributed by atoms with Crippen molar-refractivity contribution in [2.75, 3.05) is 12.3 Å². The van der Waals surface area contributed by atoms with Gasteiger partial charge in [-0.25, -0.2) is 19.9 Å². The number of rotatable bonds is 4. The fourth-order valence-electron chi connectivity index (χ4n) is 1.35. The maximum atomic E-state index is 5.72. The Kier molecular flexibility index (Phi) is 3.56. The van der Waals surface area contributed by atoms with Crippen molar-refractivity contribution in [2.24, 2.45) is 0 Å². The third-order valence-corrected chi connectivity index (χ3v) is 2.08. The molecule has 2 aromatic heterocycles. The van der Waals surface area contributed by atoms with Gasteiger partial charge in [0.05, 0.1) is 5.69 Å². The molecule has 2 heterocycles. The molecule has 2 rings (SSSR count). The lowest BCUT2D eigenvalue weighted by Gasteiger charge is -2.05. The molecule has 0 bridgehead atoms. The summed E-state index contributed by atoms with van der Waals surface area (Å²) >= 11 is 0. The highest BCUT2D eigenvalue weighted by Gasteiger charge is 2.05. The zero-order valence-corrected chi connectivity index (χ0v) is 9.50. The van der Waals surface area contributed by atoms with Crippen molar-refractivity contribution in [3.8, 4) is 11.3 Å². The second-order valence-electron chi connectivity index (χ2n) is 3.36. The van der Waals surface area contributed by atoms with Crippen LogP contribution < -0.4 is 5.73 Å². The number of aromatic nitrogens is 4. The van der Waals surface area contributed by atoms with Crippen molar-refractivity contribution < 1.29 is 4.74 Å². The van der Waals surface area contributed by atoms with Gasteiger partial charge < -0.3 is 10.5 Å². The van der Waals surface area contributed by atoms with E-state index in [2.05, 4.69) is 19.9 Å². The molecular weight excluding hydrogens is 218 g/mol. The van der Waals surface area contributed by atoms with E-state index >= 15 is 0 Å². The summed E-state index contributed by atoms with van der Waals surface area (Å²) in [6.45, 7) is 2.88. The number of hydrogen-bond acceptors (Lipinski definition) is 6. The molecule has 0 spiro atoms. The Labute approximate surface area is 98.9 Å². The molecule has 88 valence electrons. The van der Waals surface area contributed by atoms with E-state index in [0.717, 1.165) is 5.56 Å². The summed E-state index contributed by atoms with van der Waals surface area (Å²) < 4.78 is 5.25. The topological polar surface area (TPSA) is 86.8 Å². The summed E-state index contributed by atoms with van der Waals surface area (Å²) in [7, 11) is 0. The minimum atomic E-state index is 0.349. The van der Waals surface area contributed by atoms with Gasteiger partial charge in [0, 0.05) is 30.6 Å². The third-order valence-electron chi connectivity index (χ3n) is 2.08. The molecule has 0 unspecified atom stereocenters. The number of nitrogens with two attached hydrogens (primary N) is 1. The van der Waals surface area contributed by atoms with Crippen LogP contribution in [0.2, 0.25) is 0 Å². The Balaban J connectivity index is 2.32. The fourth-order valence-corrected chi connectivity index (χ4v) is 1.35. The second kappa shape index (κ2) is 5.31. The van der Waals surface area contributed by atoms with E-state index < -0.39 is 0 Å². The van der Waals surface area contributed by atoms with E-state index in [9.17, 15) is 0 Å². The number of nitrogen functional groups attached to an aromatic ring is 1. The van der Waals surface area contributed by atoms with Crippen molar-refractivity contribution >= 4 is 5.82 Å². The summed E-state index contributed by atoms with van der Waals surface area (Å²) in [6, 6.07) is 1.69. The molecular formula is C11H13N5O. The monoisotopic (exact) mass is 231 g/mol. The zero-order chi connectivity index (χ0) is 12.1. The fraction of sp³-hybridized carbons (Fsp3) is 0.273. The normalized spacial score (nSPS) is 10.4. The highest BCUT2D eigenvalue weighted by Crippen LogP contribution is 2.16. The maximum Gasteiger partial charge on any atom is 0.157 e. The van der Waals surface area contributed by atoms with E-state index in [0.29, 0.717) is 30.5 Å². The largest absolute Gasteiger partial charge is 0.384 e. The lowest BCUT2D eigenvalue weighted by molar-refractivity contribution is 0.128. The van der Waals surface area contributed by atoms with Crippen LogP contribution in [0.15, 0.2) is 24.8 Å². The molecule has 6 nitrogen and oxygen atoms in total. The molecule has 6 heteroatoms. The van der Waals surface area contributed by atoms with Crippen LogP contribution in [0.3, 0.4) is 0 Å². The number of ether oxygens (including phenoxy) is 1. The van der Waals surface area contributed by atoms with Crippen LogP contribution in [0.25, 0.3) is 11.3 Å². The van der Waals surface area contributed by atoms with Crippen LogP contribution in [0.5, 0.6) is 0 Å². The highest BCUT2D eigenvalue weighted by atomic mass is 16.5. The van der Waals surface area contributed by atoms with Gasteiger partial charge in [-0.2, -0.15) is 0 Å². The standard InChI is InChI=1S/C11H13N5O/c1-2-17-6-11-15-9(3-10(12)16-11)8-4-13-7-14-5-8/h3-5,7H,2,6H2,1H3,(H2,12,15,16). The molecule has 0 aromatic carbocycles. The average molecular weight is 231 g/mol. The first-order valence-corrected chi connectivity index (χ1v) is 5.26. The average Bonchev–Trinajstić information content (AvgIpc) is 2.37. The van der Waals surface area contributed by atoms with Gasteiger partial charge in [-0.05, 0) is 6.92 Å². The molecule has 0 aliphatic carbocycles. The van der Waals surface area contributed by atoms with Crippen molar-refractivity contribution in [2.45, 2.75) is 13.5 Å². The molecule has 0 saturated carbocycles. The van der Waals surface area contributed by atoms with E-state index in [1.54, 1.807) is 18.5 Å². The Morgan fingerprint density at radius 2 is 2.00 bits per heavy atom. The summed E-state index contributed by atoms with van der Waals surface area (Å²) in [5, 5.41) is 0. The summed E-state index contributed by atoms with van der Waals surface area (Å²) in [5.41, 5.74) is 7.23. The van der Waals surface area contributed by atoms with Crippen LogP contribution in [-0.4, -0.2) is 26.5 Å². The van der Waals surface area contributed by atoms with Crippen molar-refractivity contribution in [1.29, 1.82) is 0 Å². The summed E-state index contributed by atoms with van der Waals surface area (Å²) in [5.74, 6) is 0.972. The first-order valence-electron chi connectivity index (χ1n) is 5.26. The summed E-state index contributed by atoms with van der Waals surface area (Å²) in [4.78, 5) is 16.3. The van der Waals surface area contributed by atoms with Gasteiger partial charge in [0.1, 0.15) is 18.8 Å². The number of hydrogen-bond donors (Lipinski definition) is 1. The van der Waals surface area contributed by atoms with E-state index in [-0.39, 0.29) is 0 Å². The molecule has 2 N–H and O–H groups in total. The molecule has 0 aliphatic rings. The van der Waals surface area contributed by atoms with Gasteiger partial charge in [0.25, 0.3) is 0 Å². The Bertz CT molecular complexity index is 488. The van der Waals surface area contributed by atoms with E-state index in [4.69, 9.17) is 10.5 Å². The van der Waals surface area contributed by atoms with E-state index in [1.807, 2.05) is 6.92 Å². The molecule has 0 saturated heterocycles. The van der Waals surface area contributed by atoms with E-state index in [1.165, 1.54) is 6.33 Å². The zero-order valence-electron chi connectivity index (χ0n) is 9.50. The van der Waals surface area contributed by atoms with Gasteiger partial charge in [0.15, 0.2) is 5.82 Å². The van der Waals surface area contributed by atoms with Gasteiger partial charge in [-0.1, -0.05) is 0 Å². The first-order chi connectivity index (χ1) is 8.29. The van der Waals surface area contributed by atoms with Gasteiger partial charge >= 0.3 is 0 Å². The molecule has 17 heavy (non-hydrogen) atoms. The van der Waals surface area contributed by atoms with Gasteiger partial charge in [-0.15, -0.1) is 0 Å². The number of anilines is 1. The van der Waals surface area contributed by atoms with Gasteiger partial charge in [-0.3, -0.25) is 0 Å². The SMILES string of the molecule is CCOCc1nc(N)cc(-c2cncnc2)n1. The van der Waals surface area contributed by atoms with Crippen molar-refractivity contribution in [3.05, 3.63) is 30.6 Å². The lowest BCUT2D eigenvalue weighted by atomic mass is 10.2. The first kappa shape index (κ1) is 11.4. The lowest BCUT2D eigenvalue weighted by Crippen LogP contribution is -2.03. The van der Waals surface area contributed by atoms with Crippen LogP contribution in [0.1, 0.15) is 12.7 Å². The maximum absolute atomic E-state index is 5.72. The third kappa shape index (κ3) is 2.94. The molecule has 0 amide bonds. The minimum absolute atomic E-state index is 0.349. The quantitative estimate of drug-likeness (QED) is 0.846. The molecule has 0 aliphatic heterocycles. The molecule has 0 fully saturated rings. The molecule has 2 aromatic rings. The predicted molar refractivity (Wildman–Crippen MR) is 62.8 cm³/mol. The van der Waals surface area contributed by atoms with Gasteiger partial charge in [0.2, 0.25) is 0 Å². The van der Waals surface area contributed by atoms with Crippen molar-refractivity contribution in [3.63, 3.8) is 0 Å². The Morgan fingerprint density at radius 1 is 1.24 bits per heavy atom. The Hall–Kier alpha value is -2.08. The predicted octanol–water partition coefficient (Wildman–Crippen LogP) is 1.05. The second-order valence-corrected chi connectivity index (χ2v) is 3.36. The highest BCUT2D eigenvalue weighted by molar-refractivity contribution is 5.59. The van der Waals surface area contributed by atoms with Crippen LogP contribution in [0, 0.1) is 0 Å². The van der Waals surface area contributed by atoms with Crippen LogP contribution in [-0.2, 0) is 11.3 Å². The van der Waals surface area contributed by atoms with Crippen LogP contribution in [0.4, 0.5) is 5.82 Å². The molecule has 0 atom stereocenters. The van der Waals surface area contributed by atoms with Crippen molar-refractivity contribution in [1.82, 2.24) is 19.9 Å². The smallest absolute Gasteiger partial charge is 0.157 e. The summed E-state index contributed by atoms with van der Waals surface area (Å²) in [6.07, 6.45) is 4.83. The number of nitrogens with zero attached hydrogens (tertiary/aromatic N) is 4. The van der Waals surface area contributed by atoms with Crippen LogP contribution >= 0.6 is 0 Å². The Morgan fingerprint density at radius 3 is 2.71 bits per heavy atom.